The number of amides is 1. The van der Waals surface area contributed by atoms with Gasteiger partial charge in [-0.1, -0.05) is 12.1 Å². The number of hydrogen-bond acceptors (Lipinski definition) is 6. The lowest BCUT2D eigenvalue weighted by Crippen LogP contribution is -2.45. The van der Waals surface area contributed by atoms with Gasteiger partial charge in [0.15, 0.2) is 5.96 Å². The summed E-state index contributed by atoms with van der Waals surface area (Å²) in [6.45, 7) is 1.33. The molecule has 1 amide bonds. The van der Waals surface area contributed by atoms with E-state index in [1.54, 1.807) is 33.3 Å². The second-order valence-corrected chi connectivity index (χ2v) is 7.15. The smallest absolute Gasteiger partial charge is 0.269 e. The average Bonchev–Trinajstić information content (AvgIpc) is 2.79. The summed E-state index contributed by atoms with van der Waals surface area (Å²) in [5.41, 5.74) is 0.845. The SMILES string of the molecule is COc1ccc(OCCN(C)C(=NCc2ccc([N+](=O)[O-])cc2)NCC(=O)N(C)C)cc1. The summed E-state index contributed by atoms with van der Waals surface area (Å²) in [6.07, 6.45) is 0. The first-order valence-electron chi connectivity index (χ1n) is 10.00. The van der Waals surface area contributed by atoms with Crippen LogP contribution in [-0.2, 0) is 11.3 Å². The van der Waals surface area contributed by atoms with Gasteiger partial charge in [-0.3, -0.25) is 14.9 Å². The second-order valence-electron chi connectivity index (χ2n) is 7.15. The molecule has 0 saturated carbocycles. The minimum Gasteiger partial charge on any atom is -0.497 e. The largest absolute Gasteiger partial charge is 0.497 e. The Balaban J connectivity index is 2.00. The van der Waals surface area contributed by atoms with Gasteiger partial charge in [0.25, 0.3) is 5.69 Å². The fraction of sp³-hybridized carbons (Fsp3) is 0.364. The number of nitrogens with zero attached hydrogens (tertiary/aromatic N) is 4. The van der Waals surface area contributed by atoms with Crippen molar-refractivity contribution in [3.63, 3.8) is 0 Å². The molecule has 10 heteroatoms. The highest BCUT2D eigenvalue weighted by atomic mass is 16.6. The molecule has 0 aromatic heterocycles. The van der Waals surface area contributed by atoms with Gasteiger partial charge in [0.2, 0.25) is 5.91 Å². The molecule has 32 heavy (non-hydrogen) atoms. The van der Waals surface area contributed by atoms with E-state index in [0.717, 1.165) is 17.1 Å². The third-order valence-electron chi connectivity index (χ3n) is 4.57. The number of carbonyl (C=O) groups excluding carboxylic acids is 1. The number of nitrogens with one attached hydrogen (secondary N) is 1. The number of ether oxygens (including phenoxy) is 2. The zero-order chi connectivity index (χ0) is 23.5. The number of methoxy groups -OCH3 is 1. The first kappa shape index (κ1) is 24.4. The molecule has 2 rings (SSSR count). The molecule has 0 unspecified atom stereocenters. The van der Waals surface area contributed by atoms with Crippen molar-refractivity contribution in [2.45, 2.75) is 6.54 Å². The van der Waals surface area contributed by atoms with Crippen LogP contribution in [0.15, 0.2) is 53.5 Å². The Hall–Kier alpha value is -3.82. The Kier molecular flexibility index (Phi) is 9.27. The maximum atomic E-state index is 12.0. The fourth-order valence-corrected chi connectivity index (χ4v) is 2.59. The van der Waals surface area contributed by atoms with Crippen LogP contribution in [-0.4, -0.2) is 74.5 Å². The van der Waals surface area contributed by atoms with Crippen molar-refractivity contribution < 1.29 is 19.2 Å². The van der Waals surface area contributed by atoms with Crippen LogP contribution in [0.25, 0.3) is 0 Å². The molecule has 0 radical (unpaired) electrons. The second kappa shape index (κ2) is 12.1. The van der Waals surface area contributed by atoms with Crippen LogP contribution < -0.4 is 14.8 Å². The number of nitro groups is 1. The van der Waals surface area contributed by atoms with Crippen molar-refractivity contribution in [3.8, 4) is 11.5 Å². The molecule has 2 aromatic rings. The van der Waals surface area contributed by atoms with Gasteiger partial charge in [-0.15, -0.1) is 0 Å². The van der Waals surface area contributed by atoms with Crippen molar-refractivity contribution in [1.29, 1.82) is 0 Å². The molecular weight excluding hydrogens is 414 g/mol. The predicted octanol–water partition coefficient (Wildman–Crippen LogP) is 2.15. The number of benzene rings is 2. The number of nitro benzene ring substituents is 1. The summed E-state index contributed by atoms with van der Waals surface area (Å²) in [5.74, 6) is 1.91. The fourth-order valence-electron chi connectivity index (χ4n) is 2.59. The molecule has 0 bridgehead atoms. The summed E-state index contributed by atoms with van der Waals surface area (Å²) in [5, 5.41) is 13.9. The molecule has 0 aliphatic carbocycles. The molecule has 0 aliphatic rings. The number of likely N-dealkylation sites (N-methyl/N-ethyl adjacent to an activating group) is 2. The van der Waals surface area contributed by atoms with Crippen molar-refractivity contribution in [2.75, 3.05) is 47.9 Å². The lowest BCUT2D eigenvalue weighted by atomic mass is 10.2. The zero-order valence-corrected chi connectivity index (χ0v) is 18.8. The van der Waals surface area contributed by atoms with Gasteiger partial charge in [-0.25, -0.2) is 4.99 Å². The van der Waals surface area contributed by atoms with Gasteiger partial charge in [0.1, 0.15) is 18.1 Å². The van der Waals surface area contributed by atoms with Gasteiger partial charge < -0.3 is 24.6 Å². The lowest BCUT2D eigenvalue weighted by Gasteiger charge is -2.23. The molecule has 0 saturated heterocycles. The molecule has 1 N–H and O–H groups in total. The number of rotatable bonds is 10. The van der Waals surface area contributed by atoms with Gasteiger partial charge in [0, 0.05) is 33.3 Å². The van der Waals surface area contributed by atoms with Crippen molar-refractivity contribution >= 4 is 17.6 Å². The molecule has 0 heterocycles. The van der Waals surface area contributed by atoms with Gasteiger partial charge in [-0.05, 0) is 29.8 Å². The Labute approximate surface area is 187 Å². The molecule has 0 spiro atoms. The van der Waals surface area contributed by atoms with Crippen molar-refractivity contribution in [2.24, 2.45) is 4.99 Å². The van der Waals surface area contributed by atoms with E-state index in [-0.39, 0.29) is 18.1 Å². The van der Waals surface area contributed by atoms with E-state index in [0.29, 0.717) is 25.7 Å². The van der Waals surface area contributed by atoms with Crippen molar-refractivity contribution in [1.82, 2.24) is 15.1 Å². The third-order valence-corrected chi connectivity index (χ3v) is 4.57. The van der Waals surface area contributed by atoms with E-state index in [9.17, 15) is 14.9 Å². The topological polar surface area (TPSA) is 110 Å². The van der Waals surface area contributed by atoms with E-state index in [1.165, 1.54) is 17.0 Å². The molecular formula is C22H29N5O5. The van der Waals surface area contributed by atoms with Crippen LogP contribution >= 0.6 is 0 Å². The van der Waals surface area contributed by atoms with E-state index in [4.69, 9.17) is 9.47 Å². The Morgan fingerprint density at radius 3 is 2.25 bits per heavy atom. The molecule has 172 valence electrons. The maximum absolute atomic E-state index is 12.0. The Morgan fingerprint density at radius 2 is 1.69 bits per heavy atom. The summed E-state index contributed by atoms with van der Waals surface area (Å²) >= 11 is 0. The van der Waals surface area contributed by atoms with Crippen LogP contribution in [0.5, 0.6) is 11.5 Å². The highest BCUT2D eigenvalue weighted by Gasteiger charge is 2.11. The standard InChI is InChI=1S/C22H29N5O5/c1-25(2)21(28)16-24-22(23-15-17-5-7-18(8-6-17)27(29)30)26(3)13-14-32-20-11-9-19(31-4)10-12-20/h5-12H,13-16H2,1-4H3,(H,23,24). The highest BCUT2D eigenvalue weighted by Crippen LogP contribution is 2.17. The predicted molar refractivity (Wildman–Crippen MR) is 122 cm³/mol. The molecule has 10 nitrogen and oxygen atoms in total. The quantitative estimate of drug-likeness (QED) is 0.259. The molecule has 0 fully saturated rings. The zero-order valence-electron chi connectivity index (χ0n) is 18.8. The van der Waals surface area contributed by atoms with E-state index in [1.807, 2.05) is 36.2 Å². The van der Waals surface area contributed by atoms with E-state index < -0.39 is 4.92 Å². The van der Waals surface area contributed by atoms with Crippen LogP contribution in [0, 0.1) is 10.1 Å². The Bertz CT molecular complexity index is 913. The minimum absolute atomic E-state index is 0.0282. The highest BCUT2D eigenvalue weighted by molar-refractivity contribution is 5.86. The monoisotopic (exact) mass is 443 g/mol. The lowest BCUT2D eigenvalue weighted by molar-refractivity contribution is -0.384. The number of non-ortho nitro benzene ring substituents is 1. The number of guanidine groups is 1. The van der Waals surface area contributed by atoms with Crippen LogP contribution in [0.3, 0.4) is 0 Å². The summed E-state index contributed by atoms with van der Waals surface area (Å²) in [7, 11) is 6.82. The van der Waals surface area contributed by atoms with Gasteiger partial charge >= 0.3 is 0 Å². The molecule has 0 atom stereocenters. The van der Waals surface area contributed by atoms with Gasteiger partial charge in [0.05, 0.1) is 31.7 Å². The number of aliphatic imine (C=N–C) groups is 1. The van der Waals surface area contributed by atoms with Crippen LogP contribution in [0.1, 0.15) is 5.56 Å². The van der Waals surface area contributed by atoms with E-state index >= 15 is 0 Å². The molecule has 2 aromatic carbocycles. The average molecular weight is 444 g/mol. The Morgan fingerprint density at radius 1 is 1.06 bits per heavy atom. The van der Waals surface area contributed by atoms with E-state index in [2.05, 4.69) is 10.3 Å². The number of hydrogen-bond donors (Lipinski definition) is 1. The summed E-state index contributed by atoms with van der Waals surface area (Å²) in [6, 6.07) is 13.5. The number of carbonyl (C=O) groups is 1. The van der Waals surface area contributed by atoms with Crippen LogP contribution in [0.4, 0.5) is 5.69 Å². The minimum atomic E-state index is -0.441. The first-order valence-corrected chi connectivity index (χ1v) is 10.00. The first-order chi connectivity index (χ1) is 15.3. The summed E-state index contributed by atoms with van der Waals surface area (Å²) < 4.78 is 10.9. The van der Waals surface area contributed by atoms with Crippen LogP contribution in [0.2, 0.25) is 0 Å². The molecule has 0 aliphatic heterocycles. The maximum Gasteiger partial charge on any atom is 0.269 e. The van der Waals surface area contributed by atoms with Crippen molar-refractivity contribution in [3.05, 3.63) is 64.2 Å². The van der Waals surface area contributed by atoms with Gasteiger partial charge in [-0.2, -0.15) is 0 Å². The third kappa shape index (κ3) is 7.78. The normalized spacial score (nSPS) is 10.9. The summed E-state index contributed by atoms with van der Waals surface area (Å²) in [4.78, 5) is 30.3.